The molecular weight excluding hydrogens is 318 g/mol. The van der Waals surface area contributed by atoms with Gasteiger partial charge in [0, 0.05) is 11.8 Å². The molecule has 0 aliphatic heterocycles. The van der Waals surface area contributed by atoms with E-state index in [1.165, 1.54) is 0 Å². The van der Waals surface area contributed by atoms with Crippen molar-refractivity contribution in [3.05, 3.63) is 48.5 Å². The summed E-state index contributed by atoms with van der Waals surface area (Å²) in [5.74, 6) is 2.47. The lowest BCUT2D eigenvalue weighted by atomic mass is 10.1. The van der Waals surface area contributed by atoms with Gasteiger partial charge in [0.1, 0.15) is 17.2 Å². The molecule has 0 bridgehead atoms. The molecule has 134 valence electrons. The highest BCUT2D eigenvalue weighted by Crippen LogP contribution is 2.19. The lowest BCUT2D eigenvalue weighted by molar-refractivity contribution is -0.118. The second kappa shape index (κ2) is 9.57. The minimum Gasteiger partial charge on any atom is -0.497 e. The maximum Gasteiger partial charge on any atom is 0.262 e. The molecule has 0 aromatic heterocycles. The zero-order valence-electron chi connectivity index (χ0n) is 15.0. The largest absolute Gasteiger partial charge is 0.497 e. The fraction of sp³-hybridized carbons (Fsp3) is 0.350. The standard InChI is InChI=1S/C20H25NO4/c1-15(2)11-12-24-19-6-4-5-16(13-19)21-20(22)14-25-18-9-7-17(23-3)8-10-18/h4-10,13,15H,11-12,14H2,1-3H3,(H,21,22). The number of carbonyl (C=O) groups is 1. The molecule has 2 rings (SSSR count). The molecule has 0 radical (unpaired) electrons. The summed E-state index contributed by atoms with van der Waals surface area (Å²) in [5.41, 5.74) is 0.686. The van der Waals surface area contributed by atoms with Gasteiger partial charge < -0.3 is 19.5 Å². The first kappa shape index (κ1) is 18.6. The van der Waals surface area contributed by atoms with E-state index in [2.05, 4.69) is 19.2 Å². The number of hydrogen-bond donors (Lipinski definition) is 1. The van der Waals surface area contributed by atoms with Gasteiger partial charge in [0.25, 0.3) is 5.91 Å². The van der Waals surface area contributed by atoms with Gasteiger partial charge in [0.15, 0.2) is 6.61 Å². The number of rotatable bonds is 9. The molecular formula is C20H25NO4. The lowest BCUT2D eigenvalue weighted by Gasteiger charge is -2.11. The molecule has 25 heavy (non-hydrogen) atoms. The van der Waals surface area contributed by atoms with Crippen molar-refractivity contribution in [2.45, 2.75) is 20.3 Å². The SMILES string of the molecule is COc1ccc(OCC(=O)Nc2cccc(OCCC(C)C)c2)cc1. The van der Waals surface area contributed by atoms with E-state index < -0.39 is 0 Å². The predicted octanol–water partition coefficient (Wildman–Crippen LogP) is 4.14. The number of ether oxygens (including phenoxy) is 3. The predicted molar refractivity (Wildman–Crippen MR) is 98.5 cm³/mol. The van der Waals surface area contributed by atoms with Crippen molar-refractivity contribution in [3.63, 3.8) is 0 Å². The zero-order valence-corrected chi connectivity index (χ0v) is 15.0. The molecule has 2 aromatic carbocycles. The van der Waals surface area contributed by atoms with Crippen LogP contribution in [-0.4, -0.2) is 26.2 Å². The number of anilines is 1. The molecule has 0 saturated carbocycles. The highest BCUT2D eigenvalue weighted by Gasteiger charge is 2.05. The Kier molecular flexibility index (Phi) is 7.14. The molecule has 0 atom stereocenters. The zero-order chi connectivity index (χ0) is 18.1. The first-order chi connectivity index (χ1) is 12.1. The Balaban J connectivity index is 1.81. The van der Waals surface area contributed by atoms with Gasteiger partial charge in [-0.2, -0.15) is 0 Å². The Bertz CT molecular complexity index is 668. The van der Waals surface area contributed by atoms with Crippen LogP contribution < -0.4 is 19.5 Å². The minimum atomic E-state index is -0.227. The monoisotopic (exact) mass is 343 g/mol. The van der Waals surface area contributed by atoms with Crippen LogP contribution in [0.4, 0.5) is 5.69 Å². The molecule has 0 saturated heterocycles. The Hall–Kier alpha value is -2.69. The van der Waals surface area contributed by atoms with Crippen molar-refractivity contribution >= 4 is 11.6 Å². The first-order valence-electron chi connectivity index (χ1n) is 8.36. The molecule has 5 heteroatoms. The van der Waals surface area contributed by atoms with Crippen LogP contribution in [-0.2, 0) is 4.79 Å². The summed E-state index contributed by atoms with van der Waals surface area (Å²) in [6, 6.07) is 14.4. The summed E-state index contributed by atoms with van der Waals surface area (Å²) < 4.78 is 16.2. The maximum absolute atomic E-state index is 12.0. The molecule has 2 aromatic rings. The number of nitrogens with one attached hydrogen (secondary N) is 1. The van der Waals surface area contributed by atoms with Gasteiger partial charge in [-0.05, 0) is 48.7 Å². The average molecular weight is 343 g/mol. The van der Waals surface area contributed by atoms with Crippen LogP contribution >= 0.6 is 0 Å². The fourth-order valence-corrected chi connectivity index (χ4v) is 2.09. The van der Waals surface area contributed by atoms with Gasteiger partial charge in [0.2, 0.25) is 0 Å². The third-order valence-corrected chi connectivity index (χ3v) is 3.51. The number of hydrogen-bond acceptors (Lipinski definition) is 4. The van der Waals surface area contributed by atoms with E-state index >= 15 is 0 Å². The van der Waals surface area contributed by atoms with Gasteiger partial charge in [-0.25, -0.2) is 0 Å². The molecule has 0 aliphatic carbocycles. The fourth-order valence-electron chi connectivity index (χ4n) is 2.09. The topological polar surface area (TPSA) is 56.8 Å². The average Bonchev–Trinajstić information content (AvgIpc) is 2.60. The Morgan fingerprint density at radius 1 is 1.00 bits per heavy atom. The van der Waals surface area contributed by atoms with Crippen molar-refractivity contribution in [1.82, 2.24) is 0 Å². The van der Waals surface area contributed by atoms with Crippen molar-refractivity contribution in [2.24, 2.45) is 5.92 Å². The minimum absolute atomic E-state index is 0.0647. The van der Waals surface area contributed by atoms with Crippen molar-refractivity contribution in [3.8, 4) is 17.2 Å². The summed E-state index contributed by atoms with van der Waals surface area (Å²) in [4.78, 5) is 12.0. The van der Waals surface area contributed by atoms with E-state index in [4.69, 9.17) is 14.2 Å². The van der Waals surface area contributed by atoms with Gasteiger partial charge >= 0.3 is 0 Å². The van der Waals surface area contributed by atoms with Gasteiger partial charge in [-0.3, -0.25) is 4.79 Å². The van der Waals surface area contributed by atoms with E-state index in [0.717, 1.165) is 17.9 Å². The summed E-state index contributed by atoms with van der Waals surface area (Å²) in [5, 5.41) is 2.81. The summed E-state index contributed by atoms with van der Waals surface area (Å²) in [6.07, 6.45) is 0.992. The van der Waals surface area contributed by atoms with Gasteiger partial charge in [0.05, 0.1) is 13.7 Å². The number of methoxy groups -OCH3 is 1. The van der Waals surface area contributed by atoms with Crippen molar-refractivity contribution < 1.29 is 19.0 Å². The normalized spacial score (nSPS) is 10.4. The summed E-state index contributed by atoms with van der Waals surface area (Å²) in [6.45, 7) is 4.91. The smallest absolute Gasteiger partial charge is 0.262 e. The van der Waals surface area contributed by atoms with Crippen molar-refractivity contribution in [2.75, 3.05) is 25.6 Å². The molecule has 0 aliphatic rings. The highest BCUT2D eigenvalue weighted by molar-refractivity contribution is 5.92. The van der Waals surface area contributed by atoms with E-state index in [1.54, 1.807) is 31.4 Å². The lowest BCUT2D eigenvalue weighted by Crippen LogP contribution is -2.20. The Morgan fingerprint density at radius 3 is 2.40 bits per heavy atom. The van der Waals surface area contributed by atoms with Crippen LogP contribution in [0.25, 0.3) is 0 Å². The summed E-state index contributed by atoms with van der Waals surface area (Å²) in [7, 11) is 1.60. The van der Waals surface area contributed by atoms with Crippen LogP contribution in [0.1, 0.15) is 20.3 Å². The third-order valence-electron chi connectivity index (χ3n) is 3.51. The third kappa shape index (κ3) is 6.75. The van der Waals surface area contributed by atoms with Crippen LogP contribution in [0.3, 0.4) is 0 Å². The Labute approximate surface area is 148 Å². The summed E-state index contributed by atoms with van der Waals surface area (Å²) >= 11 is 0. The van der Waals surface area contributed by atoms with Gasteiger partial charge in [-0.15, -0.1) is 0 Å². The highest BCUT2D eigenvalue weighted by atomic mass is 16.5. The molecule has 0 fully saturated rings. The van der Waals surface area contributed by atoms with Crippen LogP contribution in [0.2, 0.25) is 0 Å². The van der Waals surface area contributed by atoms with Gasteiger partial charge in [-0.1, -0.05) is 19.9 Å². The van der Waals surface area contributed by atoms with Crippen LogP contribution in [0.15, 0.2) is 48.5 Å². The quantitative estimate of drug-likeness (QED) is 0.743. The molecule has 1 N–H and O–H groups in total. The van der Waals surface area contributed by atoms with Crippen LogP contribution in [0, 0.1) is 5.92 Å². The van der Waals surface area contributed by atoms with E-state index in [9.17, 15) is 4.79 Å². The van der Waals surface area contributed by atoms with E-state index in [-0.39, 0.29) is 12.5 Å². The first-order valence-corrected chi connectivity index (χ1v) is 8.36. The van der Waals surface area contributed by atoms with Crippen LogP contribution in [0.5, 0.6) is 17.2 Å². The Morgan fingerprint density at radius 2 is 1.72 bits per heavy atom. The molecule has 0 spiro atoms. The second-order valence-electron chi connectivity index (χ2n) is 6.07. The molecule has 1 amide bonds. The molecule has 0 unspecified atom stereocenters. The number of carbonyl (C=O) groups excluding carboxylic acids is 1. The molecule has 5 nitrogen and oxygen atoms in total. The maximum atomic E-state index is 12.0. The number of benzene rings is 2. The van der Waals surface area contributed by atoms with E-state index in [1.807, 2.05) is 24.3 Å². The second-order valence-corrected chi connectivity index (χ2v) is 6.07. The number of amides is 1. The molecule has 0 heterocycles. The van der Waals surface area contributed by atoms with E-state index in [0.29, 0.717) is 24.0 Å². The van der Waals surface area contributed by atoms with Crippen molar-refractivity contribution in [1.29, 1.82) is 0 Å².